The highest BCUT2D eigenvalue weighted by molar-refractivity contribution is 9.10. The van der Waals surface area contributed by atoms with Crippen molar-refractivity contribution in [3.05, 3.63) is 111 Å². The van der Waals surface area contributed by atoms with E-state index < -0.39 is 23.7 Å². The minimum absolute atomic E-state index is 0.102. The molecule has 1 N–H and O–H groups in total. The molecule has 0 unspecified atom stereocenters. The van der Waals surface area contributed by atoms with Crippen molar-refractivity contribution >= 4 is 55.8 Å². The number of carbonyl (C=O) groups is 3. The van der Waals surface area contributed by atoms with Gasteiger partial charge >= 0.3 is 11.9 Å². The lowest BCUT2D eigenvalue weighted by molar-refractivity contribution is -0.132. The highest BCUT2D eigenvalue weighted by Crippen LogP contribution is 2.44. The van der Waals surface area contributed by atoms with Crippen LogP contribution in [0.1, 0.15) is 39.5 Å². The Bertz CT molecular complexity index is 1630. The third-order valence-corrected chi connectivity index (χ3v) is 7.83. The fraction of sp³-hybridized carbons (Fsp3) is 0.133. The third-order valence-electron chi connectivity index (χ3n) is 6.17. The number of amides is 1. The first kappa shape index (κ1) is 27.3. The number of halogens is 1. The molecule has 40 heavy (non-hydrogen) atoms. The maximum absolute atomic E-state index is 13.5. The van der Waals surface area contributed by atoms with Gasteiger partial charge in [0.15, 0.2) is 5.13 Å². The van der Waals surface area contributed by atoms with Gasteiger partial charge in [0.1, 0.15) is 22.1 Å². The Kier molecular flexibility index (Phi) is 7.81. The molecule has 4 aromatic rings. The molecular weight excluding hydrogens is 596 g/mol. The van der Waals surface area contributed by atoms with E-state index >= 15 is 0 Å². The molecular formula is C30H23BrN2O6S. The number of nitrogens with zero attached hydrogens (tertiary/aromatic N) is 2. The van der Waals surface area contributed by atoms with E-state index in [0.29, 0.717) is 28.3 Å². The molecule has 1 aromatic heterocycles. The Hall–Kier alpha value is -4.28. The van der Waals surface area contributed by atoms with E-state index in [4.69, 9.17) is 9.47 Å². The molecule has 0 aliphatic carbocycles. The number of benzene rings is 3. The smallest absolute Gasteiger partial charge is 0.350 e. The number of ether oxygens (including phenoxy) is 2. The van der Waals surface area contributed by atoms with E-state index in [9.17, 15) is 19.5 Å². The van der Waals surface area contributed by atoms with Gasteiger partial charge < -0.3 is 14.6 Å². The Morgan fingerprint density at radius 2 is 1.73 bits per heavy atom. The predicted molar refractivity (Wildman–Crippen MR) is 155 cm³/mol. The Balaban J connectivity index is 1.66. The Labute approximate surface area is 242 Å². The number of hydrogen-bond donors (Lipinski definition) is 1. The molecule has 0 saturated carbocycles. The minimum atomic E-state index is -1.04. The number of aryl methyl sites for hydroxylation is 1. The van der Waals surface area contributed by atoms with Crippen LogP contribution < -0.4 is 9.64 Å². The van der Waals surface area contributed by atoms with Crippen molar-refractivity contribution in [3.63, 3.8) is 0 Å². The lowest BCUT2D eigenvalue weighted by Gasteiger charge is -2.23. The normalized spacial score (nSPS) is 16.3. The average Bonchev–Trinajstić information content (AvgIpc) is 3.46. The molecule has 0 radical (unpaired) electrons. The largest absolute Gasteiger partial charge is 0.507 e. The van der Waals surface area contributed by atoms with Crippen molar-refractivity contribution in [3.8, 4) is 11.5 Å². The number of aromatic nitrogens is 1. The first-order valence-electron chi connectivity index (χ1n) is 12.3. The van der Waals surface area contributed by atoms with Gasteiger partial charge in [-0.2, -0.15) is 0 Å². The summed E-state index contributed by atoms with van der Waals surface area (Å²) >= 11 is 4.32. The molecule has 3 aromatic carbocycles. The van der Waals surface area contributed by atoms with Crippen molar-refractivity contribution in [1.82, 2.24) is 4.98 Å². The number of esters is 1. The number of rotatable bonds is 7. The first-order valence-corrected chi connectivity index (χ1v) is 13.9. The fourth-order valence-electron chi connectivity index (χ4n) is 4.35. The summed E-state index contributed by atoms with van der Waals surface area (Å²) in [6.45, 7) is 3.51. The molecule has 1 fully saturated rings. The fourth-order valence-corrected chi connectivity index (χ4v) is 5.60. The number of hydrogen-bond acceptors (Lipinski definition) is 8. The Morgan fingerprint density at radius 1 is 1.02 bits per heavy atom. The van der Waals surface area contributed by atoms with Crippen LogP contribution in [0.15, 0.2) is 88.9 Å². The molecule has 1 amide bonds. The SMILES string of the molecule is CCOC(=O)c1sc(N2C(=O)C(=O)C(=C(O)c3ccc(Br)cc3)[C@H]2c2cccc(Oc3ccccc3)c2)nc1C. The number of aliphatic hydroxyl groups excluding tert-OH is 1. The predicted octanol–water partition coefficient (Wildman–Crippen LogP) is 6.81. The summed E-state index contributed by atoms with van der Waals surface area (Å²) in [6.07, 6.45) is 0. The van der Waals surface area contributed by atoms with Gasteiger partial charge in [-0.1, -0.05) is 69.7 Å². The molecule has 2 heterocycles. The van der Waals surface area contributed by atoms with Crippen molar-refractivity contribution in [2.45, 2.75) is 19.9 Å². The number of thiazole rings is 1. The molecule has 202 valence electrons. The molecule has 10 heteroatoms. The third kappa shape index (κ3) is 5.28. The van der Waals surface area contributed by atoms with Gasteiger partial charge in [-0.15, -0.1) is 0 Å². The zero-order chi connectivity index (χ0) is 28.4. The van der Waals surface area contributed by atoms with Crippen LogP contribution in [0.2, 0.25) is 0 Å². The van der Waals surface area contributed by atoms with Gasteiger partial charge in [0.2, 0.25) is 0 Å². The molecule has 0 bridgehead atoms. The summed E-state index contributed by atoms with van der Waals surface area (Å²) in [5, 5.41) is 11.5. The molecule has 1 aliphatic heterocycles. The Morgan fingerprint density at radius 3 is 2.42 bits per heavy atom. The van der Waals surface area contributed by atoms with Gasteiger partial charge in [0, 0.05) is 10.0 Å². The number of carbonyl (C=O) groups excluding carboxylic acids is 3. The standard InChI is InChI=1S/C30H23BrN2O6S/c1-3-38-29(37)27-17(2)32-30(40-27)33-24(19-8-7-11-22(16-19)39-21-9-5-4-6-10-21)23(26(35)28(33)36)25(34)18-12-14-20(31)15-13-18/h4-16,24,34H,3H2,1-2H3/t24-/m1/s1. The molecule has 1 atom stereocenters. The zero-order valence-corrected chi connectivity index (χ0v) is 23.9. The van der Waals surface area contributed by atoms with Crippen LogP contribution >= 0.6 is 27.3 Å². The van der Waals surface area contributed by atoms with E-state index in [1.165, 1.54) is 4.90 Å². The lowest BCUT2D eigenvalue weighted by Crippen LogP contribution is -2.29. The summed E-state index contributed by atoms with van der Waals surface area (Å²) in [4.78, 5) is 45.4. The second kappa shape index (κ2) is 11.4. The van der Waals surface area contributed by atoms with E-state index in [1.807, 2.05) is 30.3 Å². The highest BCUT2D eigenvalue weighted by Gasteiger charge is 2.48. The van der Waals surface area contributed by atoms with Crippen LogP contribution in [-0.4, -0.2) is 34.4 Å². The highest BCUT2D eigenvalue weighted by atomic mass is 79.9. The number of para-hydroxylation sites is 1. The summed E-state index contributed by atoms with van der Waals surface area (Å²) in [7, 11) is 0. The molecule has 8 nitrogen and oxygen atoms in total. The van der Waals surface area contributed by atoms with E-state index in [1.54, 1.807) is 62.4 Å². The second-order valence-corrected chi connectivity index (χ2v) is 10.7. The quantitative estimate of drug-likeness (QED) is 0.105. The number of ketones is 1. The van der Waals surface area contributed by atoms with Crippen LogP contribution in [-0.2, 0) is 14.3 Å². The van der Waals surface area contributed by atoms with E-state index in [0.717, 1.165) is 15.8 Å². The van der Waals surface area contributed by atoms with Crippen molar-refractivity contribution < 1.29 is 29.0 Å². The van der Waals surface area contributed by atoms with Crippen LogP contribution in [0.3, 0.4) is 0 Å². The van der Waals surface area contributed by atoms with E-state index in [2.05, 4.69) is 20.9 Å². The van der Waals surface area contributed by atoms with Crippen molar-refractivity contribution in [2.24, 2.45) is 0 Å². The van der Waals surface area contributed by atoms with Gasteiger partial charge in [-0.3, -0.25) is 14.5 Å². The topological polar surface area (TPSA) is 106 Å². The first-order chi connectivity index (χ1) is 19.3. The minimum Gasteiger partial charge on any atom is -0.507 e. The van der Waals surface area contributed by atoms with Gasteiger partial charge in [0.05, 0.1) is 23.9 Å². The monoisotopic (exact) mass is 618 g/mol. The number of aliphatic hydroxyl groups is 1. The van der Waals surface area contributed by atoms with Crippen LogP contribution in [0.5, 0.6) is 11.5 Å². The van der Waals surface area contributed by atoms with Crippen LogP contribution in [0, 0.1) is 6.92 Å². The molecule has 0 spiro atoms. The summed E-state index contributed by atoms with van der Waals surface area (Å²) in [5.41, 5.74) is 1.14. The lowest BCUT2D eigenvalue weighted by atomic mass is 9.95. The van der Waals surface area contributed by atoms with Crippen molar-refractivity contribution in [1.29, 1.82) is 0 Å². The second-order valence-electron chi connectivity index (χ2n) is 8.80. The maximum Gasteiger partial charge on any atom is 0.350 e. The van der Waals surface area contributed by atoms with Crippen molar-refractivity contribution in [2.75, 3.05) is 11.5 Å². The van der Waals surface area contributed by atoms with E-state index in [-0.39, 0.29) is 27.9 Å². The van der Waals surface area contributed by atoms with Crippen LogP contribution in [0.4, 0.5) is 5.13 Å². The molecule has 1 aliphatic rings. The summed E-state index contributed by atoms with van der Waals surface area (Å²) in [6, 6.07) is 21.8. The zero-order valence-electron chi connectivity index (χ0n) is 21.5. The van der Waals surface area contributed by atoms with Gasteiger partial charge in [-0.25, -0.2) is 9.78 Å². The molecule has 1 saturated heterocycles. The summed E-state index contributed by atoms with van der Waals surface area (Å²) < 4.78 is 11.9. The number of anilines is 1. The van der Waals surface area contributed by atoms with Crippen LogP contribution in [0.25, 0.3) is 5.76 Å². The van der Waals surface area contributed by atoms with Gasteiger partial charge in [-0.05, 0) is 55.8 Å². The van der Waals surface area contributed by atoms with Gasteiger partial charge in [0.25, 0.3) is 5.78 Å². The molecule has 5 rings (SSSR count). The average molecular weight is 619 g/mol. The number of Topliss-reactive ketones (excluding diaryl/α,β-unsaturated/α-hetero) is 1. The summed E-state index contributed by atoms with van der Waals surface area (Å²) in [5.74, 6) is -1.55. The maximum atomic E-state index is 13.5.